The van der Waals surface area contributed by atoms with E-state index in [2.05, 4.69) is 44.3 Å². The zero-order valence-electron chi connectivity index (χ0n) is 21.5. The molecule has 37 heavy (non-hydrogen) atoms. The van der Waals surface area contributed by atoms with E-state index in [1.807, 2.05) is 30.1 Å². The fraction of sp³-hybridized carbons (Fsp3) is 0.286. The quantitative estimate of drug-likeness (QED) is 0.364. The first-order valence-electron chi connectivity index (χ1n) is 12.2. The van der Waals surface area contributed by atoms with Crippen LogP contribution in [-0.2, 0) is 27.9 Å². The Labute approximate surface area is 216 Å². The zero-order chi connectivity index (χ0) is 26.4. The van der Waals surface area contributed by atoms with Crippen molar-refractivity contribution in [2.24, 2.45) is 7.05 Å². The van der Waals surface area contributed by atoms with Gasteiger partial charge in [-0.1, -0.05) is 24.8 Å². The highest BCUT2D eigenvalue weighted by Crippen LogP contribution is 2.29. The Balaban J connectivity index is 1.54. The molecule has 0 spiro atoms. The van der Waals surface area contributed by atoms with Crippen LogP contribution in [0.1, 0.15) is 12.6 Å². The molecule has 0 atom stereocenters. The van der Waals surface area contributed by atoms with Crippen molar-refractivity contribution in [2.45, 2.75) is 13.5 Å². The van der Waals surface area contributed by atoms with Crippen LogP contribution in [0.4, 0.5) is 5.82 Å². The predicted molar refractivity (Wildman–Crippen MR) is 145 cm³/mol. The summed E-state index contributed by atoms with van der Waals surface area (Å²) in [6.07, 6.45) is 8.38. The Morgan fingerprint density at radius 3 is 2.62 bits per heavy atom. The average molecular weight is 501 g/mol. The van der Waals surface area contributed by atoms with E-state index in [0.717, 1.165) is 60.4 Å². The number of carbonyl (C=O) groups excluding carboxylic acids is 2. The first-order chi connectivity index (χ1) is 17.9. The number of fused-ring (bicyclic) bond motifs is 1. The molecule has 1 saturated heterocycles. The summed E-state index contributed by atoms with van der Waals surface area (Å²) in [7, 11) is 3.50. The lowest BCUT2D eigenvalue weighted by molar-refractivity contribution is -0.116. The van der Waals surface area contributed by atoms with E-state index < -0.39 is 0 Å². The molecule has 1 aromatic carbocycles. The third-order valence-corrected chi connectivity index (χ3v) is 6.37. The summed E-state index contributed by atoms with van der Waals surface area (Å²) in [6, 6.07) is 8.05. The first-order valence-corrected chi connectivity index (χ1v) is 12.2. The maximum atomic E-state index is 12.8. The largest absolute Gasteiger partial charge is 0.379 e. The molecule has 192 valence electrons. The van der Waals surface area contributed by atoms with E-state index >= 15 is 0 Å². The van der Waals surface area contributed by atoms with Gasteiger partial charge in [-0.2, -0.15) is 5.10 Å². The molecule has 2 aromatic heterocycles. The fourth-order valence-electron chi connectivity index (χ4n) is 4.16. The number of aromatic nitrogens is 3. The lowest BCUT2D eigenvalue weighted by Gasteiger charge is -2.27. The van der Waals surface area contributed by atoms with Crippen molar-refractivity contribution in [3.63, 3.8) is 0 Å². The first kappa shape index (κ1) is 26.0. The van der Waals surface area contributed by atoms with Crippen LogP contribution in [0, 0.1) is 0 Å². The van der Waals surface area contributed by atoms with Crippen molar-refractivity contribution in [2.75, 3.05) is 38.7 Å². The molecule has 1 fully saturated rings. The minimum absolute atomic E-state index is 0.259. The van der Waals surface area contributed by atoms with Crippen LogP contribution < -0.4 is 10.6 Å². The monoisotopic (exact) mass is 500 g/mol. The molecular formula is C28H32N6O3. The van der Waals surface area contributed by atoms with Crippen LogP contribution >= 0.6 is 0 Å². The molecule has 0 unspecified atom stereocenters. The molecule has 9 heteroatoms. The summed E-state index contributed by atoms with van der Waals surface area (Å²) >= 11 is 0. The molecule has 2 N–H and O–H groups in total. The van der Waals surface area contributed by atoms with E-state index in [1.54, 1.807) is 25.3 Å². The number of rotatable bonds is 8. The summed E-state index contributed by atoms with van der Waals surface area (Å²) in [5.41, 5.74) is 3.93. The van der Waals surface area contributed by atoms with Crippen molar-refractivity contribution < 1.29 is 14.3 Å². The number of anilines is 1. The van der Waals surface area contributed by atoms with Gasteiger partial charge in [0, 0.05) is 62.0 Å². The lowest BCUT2D eigenvalue weighted by Crippen LogP contribution is -2.36. The van der Waals surface area contributed by atoms with Gasteiger partial charge in [-0.05, 0) is 42.2 Å². The molecule has 0 aliphatic carbocycles. The summed E-state index contributed by atoms with van der Waals surface area (Å²) in [5, 5.41) is 11.8. The zero-order valence-corrected chi connectivity index (χ0v) is 21.5. The second-order valence-corrected chi connectivity index (χ2v) is 8.78. The lowest BCUT2D eigenvalue weighted by atomic mass is 10.0. The number of hydrogen-bond acceptors (Lipinski definition) is 6. The average Bonchev–Trinajstić information content (AvgIpc) is 3.28. The number of benzene rings is 1. The Hall–Kier alpha value is -4.08. The third-order valence-electron chi connectivity index (χ3n) is 6.37. The summed E-state index contributed by atoms with van der Waals surface area (Å²) in [5.74, 6) is -0.195. The number of nitrogens with one attached hydrogen (secondary N) is 2. The minimum atomic E-state index is -0.327. The maximum Gasteiger partial charge on any atom is 0.256 e. The number of morpholine rings is 1. The number of hydrogen-bond donors (Lipinski definition) is 2. The normalized spacial score (nSPS) is 14.7. The van der Waals surface area contributed by atoms with Gasteiger partial charge in [0.25, 0.3) is 5.91 Å². The SMILES string of the molecule is C=C(/C=C\C(=C/C)C(=O)Nc1cc2cc(-c3cnn(C)c3CN3CCOCC3)ccc2cn1)C(=O)NC. The van der Waals surface area contributed by atoms with Crippen molar-refractivity contribution >= 4 is 28.4 Å². The van der Waals surface area contributed by atoms with E-state index in [4.69, 9.17) is 4.74 Å². The van der Waals surface area contributed by atoms with Gasteiger partial charge in [0.1, 0.15) is 5.82 Å². The van der Waals surface area contributed by atoms with Crippen molar-refractivity contribution in [3.05, 3.63) is 78.3 Å². The van der Waals surface area contributed by atoms with Gasteiger partial charge in [-0.3, -0.25) is 19.2 Å². The molecule has 1 aliphatic heterocycles. The van der Waals surface area contributed by atoms with Crippen LogP contribution in [0.15, 0.2) is 72.6 Å². The van der Waals surface area contributed by atoms with E-state index in [1.165, 1.54) is 13.1 Å². The number of nitrogens with zero attached hydrogens (tertiary/aromatic N) is 4. The number of pyridine rings is 1. The van der Waals surface area contributed by atoms with Crippen LogP contribution in [0.5, 0.6) is 0 Å². The number of carbonyl (C=O) groups is 2. The van der Waals surface area contributed by atoms with Crippen LogP contribution in [-0.4, -0.2) is 64.8 Å². The molecule has 9 nitrogen and oxygen atoms in total. The van der Waals surface area contributed by atoms with Crippen molar-refractivity contribution in [1.29, 1.82) is 0 Å². The maximum absolute atomic E-state index is 12.8. The van der Waals surface area contributed by atoms with E-state index in [-0.39, 0.29) is 17.4 Å². The number of likely N-dealkylation sites (N-methyl/N-ethyl adjacent to an activating group) is 1. The Bertz CT molecular complexity index is 1380. The molecular weight excluding hydrogens is 468 g/mol. The highest BCUT2D eigenvalue weighted by atomic mass is 16.5. The Kier molecular flexibility index (Phi) is 8.27. The second kappa shape index (κ2) is 11.8. The summed E-state index contributed by atoms with van der Waals surface area (Å²) in [4.78, 5) is 31.3. The third kappa shape index (κ3) is 6.19. The van der Waals surface area contributed by atoms with E-state index in [0.29, 0.717) is 11.4 Å². The van der Waals surface area contributed by atoms with Gasteiger partial charge in [0.15, 0.2) is 0 Å². The van der Waals surface area contributed by atoms with Gasteiger partial charge in [-0.15, -0.1) is 0 Å². The summed E-state index contributed by atoms with van der Waals surface area (Å²) in [6.45, 7) is 9.56. The highest BCUT2D eigenvalue weighted by Gasteiger charge is 2.17. The van der Waals surface area contributed by atoms with Crippen LogP contribution in [0.3, 0.4) is 0 Å². The van der Waals surface area contributed by atoms with Crippen LogP contribution in [0.2, 0.25) is 0 Å². The van der Waals surface area contributed by atoms with Gasteiger partial charge >= 0.3 is 0 Å². The molecule has 2 amide bonds. The number of ether oxygens (including phenoxy) is 1. The standard InChI is InChI=1S/C28H32N6O3/c1-5-20(7-6-19(2)27(35)29-3)28(36)32-26-15-23-14-21(8-9-22(23)16-30-26)24-17-31-33(4)25(24)18-34-10-12-37-13-11-34/h5-9,14-17H,2,10-13,18H2,1,3-4H3,(H,29,35)(H,30,32,36)/b7-6-,20-5+. The Morgan fingerprint density at radius 2 is 1.89 bits per heavy atom. The minimum Gasteiger partial charge on any atom is -0.379 e. The number of aryl methyl sites for hydroxylation is 1. The molecule has 3 aromatic rings. The molecule has 0 saturated carbocycles. The molecule has 0 radical (unpaired) electrons. The van der Waals surface area contributed by atoms with Gasteiger partial charge in [-0.25, -0.2) is 4.98 Å². The summed E-state index contributed by atoms with van der Waals surface area (Å²) < 4.78 is 7.41. The smallest absolute Gasteiger partial charge is 0.256 e. The Morgan fingerprint density at radius 1 is 1.11 bits per heavy atom. The molecule has 0 bridgehead atoms. The van der Waals surface area contributed by atoms with E-state index in [9.17, 15) is 9.59 Å². The number of amides is 2. The van der Waals surface area contributed by atoms with Crippen molar-refractivity contribution in [3.8, 4) is 11.1 Å². The topological polar surface area (TPSA) is 101 Å². The van der Waals surface area contributed by atoms with Crippen molar-refractivity contribution in [1.82, 2.24) is 25.0 Å². The fourth-order valence-corrected chi connectivity index (χ4v) is 4.16. The molecule has 4 rings (SSSR count). The van der Waals surface area contributed by atoms with Gasteiger partial charge < -0.3 is 15.4 Å². The molecule has 1 aliphatic rings. The number of allylic oxidation sites excluding steroid dienone is 1. The van der Waals surface area contributed by atoms with Gasteiger partial charge in [0.2, 0.25) is 5.91 Å². The second-order valence-electron chi connectivity index (χ2n) is 8.78. The predicted octanol–water partition coefficient (Wildman–Crippen LogP) is 3.21. The van der Waals surface area contributed by atoms with Gasteiger partial charge in [0.05, 0.1) is 25.1 Å². The van der Waals surface area contributed by atoms with Crippen LogP contribution in [0.25, 0.3) is 21.9 Å². The highest BCUT2D eigenvalue weighted by molar-refractivity contribution is 6.06. The molecule has 3 heterocycles.